The molecule has 0 unspecified atom stereocenters. The van der Waals surface area contributed by atoms with Crippen molar-refractivity contribution in [2.75, 3.05) is 5.75 Å². The molecular weight excluding hydrogens is 296 g/mol. The van der Waals surface area contributed by atoms with Gasteiger partial charge in [-0.25, -0.2) is 0 Å². The Morgan fingerprint density at radius 3 is 2.80 bits per heavy atom. The van der Waals surface area contributed by atoms with E-state index in [-0.39, 0.29) is 0 Å². The van der Waals surface area contributed by atoms with E-state index in [0.29, 0.717) is 16.7 Å². The lowest BCUT2D eigenvalue weighted by atomic mass is 10.2. The summed E-state index contributed by atoms with van der Waals surface area (Å²) >= 11 is 9.41. The van der Waals surface area contributed by atoms with E-state index < -0.39 is 10.8 Å². The molecule has 1 atom stereocenters. The van der Waals surface area contributed by atoms with Crippen molar-refractivity contribution >= 4 is 38.3 Å². The van der Waals surface area contributed by atoms with Crippen LogP contribution in [0.3, 0.4) is 0 Å². The fourth-order valence-electron chi connectivity index (χ4n) is 1.42. The summed E-state index contributed by atoms with van der Waals surface area (Å²) in [4.78, 5) is 0. The maximum atomic E-state index is 11.7. The third kappa shape index (κ3) is 3.58. The third-order valence-electron chi connectivity index (χ3n) is 2.45. The van der Waals surface area contributed by atoms with Crippen LogP contribution in [0.25, 0.3) is 0 Å². The number of benzene rings is 1. The number of rotatable bonds is 4. The second-order valence-electron chi connectivity index (χ2n) is 3.93. The standard InChI is InChI=1S/C11H12BrClOS/c12-10-4-3-9(11(13)5-10)7-15(14)6-8-1-2-8/h3-5,8H,1-2,6-7H2/t15-/m0/s1. The Hall–Kier alpha value is 0.140. The van der Waals surface area contributed by atoms with Gasteiger partial charge >= 0.3 is 0 Å². The molecule has 0 saturated heterocycles. The van der Waals surface area contributed by atoms with Gasteiger partial charge in [0.2, 0.25) is 0 Å². The van der Waals surface area contributed by atoms with Gasteiger partial charge < -0.3 is 0 Å². The van der Waals surface area contributed by atoms with Crippen LogP contribution in [0.2, 0.25) is 5.02 Å². The largest absolute Gasteiger partial charge is 0.259 e. The Bertz CT molecular complexity index is 390. The Morgan fingerprint density at radius 2 is 2.20 bits per heavy atom. The van der Waals surface area contributed by atoms with E-state index in [1.165, 1.54) is 12.8 Å². The lowest BCUT2D eigenvalue weighted by molar-refractivity contribution is 0.679. The molecule has 0 spiro atoms. The van der Waals surface area contributed by atoms with Crippen LogP contribution in [0.1, 0.15) is 18.4 Å². The van der Waals surface area contributed by atoms with Crippen LogP contribution in [-0.2, 0) is 16.6 Å². The van der Waals surface area contributed by atoms with Crippen LogP contribution in [0.4, 0.5) is 0 Å². The van der Waals surface area contributed by atoms with E-state index in [9.17, 15) is 4.21 Å². The van der Waals surface area contributed by atoms with Crippen molar-refractivity contribution in [1.82, 2.24) is 0 Å². The number of hydrogen-bond donors (Lipinski definition) is 0. The molecule has 0 radical (unpaired) electrons. The van der Waals surface area contributed by atoms with Crippen molar-refractivity contribution < 1.29 is 4.21 Å². The van der Waals surface area contributed by atoms with Crippen LogP contribution in [0.5, 0.6) is 0 Å². The zero-order chi connectivity index (χ0) is 10.8. The molecule has 1 nitrogen and oxygen atoms in total. The second kappa shape index (κ2) is 4.98. The van der Waals surface area contributed by atoms with Crippen molar-refractivity contribution in [3.05, 3.63) is 33.3 Å². The molecule has 1 fully saturated rings. The van der Waals surface area contributed by atoms with Gasteiger partial charge in [0.05, 0.1) is 5.75 Å². The number of halogens is 2. The molecule has 15 heavy (non-hydrogen) atoms. The molecule has 1 aromatic carbocycles. The Morgan fingerprint density at radius 1 is 1.47 bits per heavy atom. The zero-order valence-electron chi connectivity index (χ0n) is 8.21. The van der Waals surface area contributed by atoms with Crippen LogP contribution in [0.15, 0.2) is 22.7 Å². The average Bonchev–Trinajstić information content (AvgIpc) is 2.94. The molecule has 0 amide bonds. The Labute approximate surface area is 106 Å². The van der Waals surface area contributed by atoms with Gasteiger partial charge in [-0.2, -0.15) is 0 Å². The van der Waals surface area contributed by atoms with Crippen LogP contribution < -0.4 is 0 Å². The van der Waals surface area contributed by atoms with Crippen molar-refractivity contribution in [2.24, 2.45) is 5.92 Å². The molecule has 4 heteroatoms. The maximum Gasteiger partial charge on any atom is 0.0500 e. The maximum absolute atomic E-state index is 11.7. The van der Waals surface area contributed by atoms with Gasteiger partial charge in [0.15, 0.2) is 0 Å². The van der Waals surface area contributed by atoms with Crippen molar-refractivity contribution in [1.29, 1.82) is 0 Å². The molecule has 0 bridgehead atoms. The second-order valence-corrected chi connectivity index (χ2v) is 6.75. The summed E-state index contributed by atoms with van der Waals surface area (Å²) in [6.45, 7) is 0. The minimum atomic E-state index is -0.755. The van der Waals surface area contributed by atoms with Crippen molar-refractivity contribution in [3.63, 3.8) is 0 Å². The minimum Gasteiger partial charge on any atom is -0.259 e. The molecule has 82 valence electrons. The van der Waals surface area contributed by atoms with Gasteiger partial charge in [-0.1, -0.05) is 33.6 Å². The van der Waals surface area contributed by atoms with Crippen LogP contribution in [0, 0.1) is 5.92 Å². The Kier molecular flexibility index (Phi) is 3.86. The summed E-state index contributed by atoms with van der Waals surface area (Å²) in [7, 11) is -0.755. The third-order valence-corrected chi connectivity index (χ3v) is 4.77. The highest BCUT2D eigenvalue weighted by Crippen LogP contribution is 2.30. The summed E-state index contributed by atoms with van der Waals surface area (Å²) in [5.74, 6) is 2.13. The van der Waals surface area contributed by atoms with Gasteiger partial charge in [0.1, 0.15) is 0 Å². The SMILES string of the molecule is O=[S@](Cc1ccc(Br)cc1Cl)CC1CC1. The zero-order valence-corrected chi connectivity index (χ0v) is 11.4. The highest BCUT2D eigenvalue weighted by atomic mass is 79.9. The summed E-state index contributed by atoms with van der Waals surface area (Å²) in [6, 6.07) is 5.73. The van der Waals surface area contributed by atoms with E-state index in [1.807, 2.05) is 18.2 Å². The van der Waals surface area contributed by atoms with Gasteiger partial charge in [-0.3, -0.25) is 4.21 Å². The fourth-order valence-corrected chi connectivity index (χ4v) is 3.81. The molecule has 0 aliphatic heterocycles. The molecule has 2 rings (SSSR count). The van der Waals surface area contributed by atoms with Gasteiger partial charge in [0, 0.05) is 26.0 Å². The lowest BCUT2D eigenvalue weighted by Gasteiger charge is -2.04. The van der Waals surface area contributed by atoms with Crippen molar-refractivity contribution in [2.45, 2.75) is 18.6 Å². The summed E-state index contributed by atoms with van der Waals surface area (Å²) in [6.07, 6.45) is 2.50. The lowest BCUT2D eigenvalue weighted by Crippen LogP contribution is -2.02. The van der Waals surface area contributed by atoms with Crippen LogP contribution >= 0.6 is 27.5 Å². The predicted molar refractivity (Wildman–Crippen MR) is 68.6 cm³/mol. The topological polar surface area (TPSA) is 17.1 Å². The minimum absolute atomic E-state index is 0.586. The van der Waals surface area contributed by atoms with Crippen molar-refractivity contribution in [3.8, 4) is 0 Å². The number of hydrogen-bond acceptors (Lipinski definition) is 1. The first-order valence-corrected chi connectivity index (χ1v) is 7.60. The quantitative estimate of drug-likeness (QED) is 0.828. The summed E-state index contributed by atoms with van der Waals surface area (Å²) in [5, 5.41) is 0.702. The van der Waals surface area contributed by atoms with E-state index in [1.54, 1.807) is 0 Å². The summed E-state index contributed by atoms with van der Waals surface area (Å²) < 4.78 is 12.7. The fraction of sp³-hybridized carbons (Fsp3) is 0.455. The highest BCUT2D eigenvalue weighted by molar-refractivity contribution is 9.10. The van der Waals surface area contributed by atoms with Crippen LogP contribution in [-0.4, -0.2) is 9.96 Å². The van der Waals surface area contributed by atoms with E-state index in [4.69, 9.17) is 11.6 Å². The Balaban J connectivity index is 1.99. The molecule has 1 aliphatic carbocycles. The molecule has 0 aromatic heterocycles. The normalized spacial score (nSPS) is 17.7. The first-order valence-electron chi connectivity index (χ1n) is 4.94. The molecular formula is C11H12BrClOS. The van der Waals surface area contributed by atoms with Gasteiger partial charge in [-0.15, -0.1) is 0 Å². The van der Waals surface area contributed by atoms with Gasteiger partial charge in [0.25, 0.3) is 0 Å². The van der Waals surface area contributed by atoms with E-state index in [2.05, 4.69) is 15.9 Å². The van der Waals surface area contributed by atoms with Gasteiger partial charge in [-0.05, 0) is 36.5 Å². The highest BCUT2D eigenvalue weighted by Gasteiger charge is 2.23. The van der Waals surface area contributed by atoms with E-state index in [0.717, 1.165) is 15.8 Å². The molecule has 1 saturated carbocycles. The predicted octanol–water partition coefficient (Wildman–Crippen LogP) is 3.76. The average molecular weight is 308 g/mol. The first-order chi connectivity index (χ1) is 7.15. The smallest absolute Gasteiger partial charge is 0.0500 e. The summed E-state index contributed by atoms with van der Waals surface area (Å²) in [5.41, 5.74) is 0.985. The molecule has 0 N–H and O–H groups in total. The molecule has 1 aliphatic rings. The molecule has 1 aromatic rings. The monoisotopic (exact) mass is 306 g/mol. The first kappa shape index (κ1) is 11.6. The molecule has 0 heterocycles. The van der Waals surface area contributed by atoms with E-state index >= 15 is 0 Å².